The number of rotatable bonds is 3. The first-order chi connectivity index (χ1) is 12.4. The van der Waals surface area contributed by atoms with E-state index < -0.39 is 16.7 Å². The lowest BCUT2D eigenvalue weighted by Crippen LogP contribution is -2.43. The second-order valence-electron chi connectivity index (χ2n) is 8.46. The molecule has 0 aromatic carbocycles. The second-order valence-corrected chi connectivity index (χ2v) is 8.46. The van der Waals surface area contributed by atoms with E-state index in [1.807, 2.05) is 32.3 Å². The molecule has 0 N–H and O–H groups in total. The van der Waals surface area contributed by atoms with Crippen molar-refractivity contribution < 1.29 is 4.79 Å². The monoisotopic (exact) mass is 373 g/mol. The summed E-state index contributed by atoms with van der Waals surface area (Å²) in [5.41, 5.74) is 0.912. The first-order valence-corrected chi connectivity index (χ1v) is 9.10. The molecule has 0 saturated heterocycles. The van der Waals surface area contributed by atoms with Gasteiger partial charge in [-0.2, -0.15) is 4.98 Å². The van der Waals surface area contributed by atoms with E-state index in [-0.39, 0.29) is 18.4 Å². The van der Waals surface area contributed by atoms with E-state index >= 15 is 0 Å². The summed E-state index contributed by atoms with van der Waals surface area (Å²) in [5.74, 6) is 0.455. The number of ketones is 1. The third-order valence-electron chi connectivity index (χ3n) is 5.22. The molecule has 27 heavy (non-hydrogen) atoms. The first kappa shape index (κ1) is 19.1. The Bertz CT molecular complexity index is 1200. The van der Waals surface area contributed by atoms with Crippen molar-refractivity contribution in [3.8, 4) is 0 Å². The van der Waals surface area contributed by atoms with Gasteiger partial charge in [0.05, 0.1) is 6.54 Å². The summed E-state index contributed by atoms with van der Waals surface area (Å²) in [5, 5.41) is 0. The Kier molecular flexibility index (Phi) is 4.21. The van der Waals surface area contributed by atoms with Crippen LogP contribution in [0.3, 0.4) is 0 Å². The highest BCUT2D eigenvalue weighted by atomic mass is 16.2. The lowest BCUT2D eigenvalue weighted by atomic mass is 9.91. The molecule has 0 atom stereocenters. The van der Waals surface area contributed by atoms with Crippen LogP contribution in [0.25, 0.3) is 16.9 Å². The summed E-state index contributed by atoms with van der Waals surface area (Å²) < 4.78 is 6.21. The molecule has 0 radical (unpaired) electrons. The van der Waals surface area contributed by atoms with Crippen molar-refractivity contribution in [1.82, 2.24) is 23.1 Å². The molecule has 3 heterocycles. The maximum absolute atomic E-state index is 13.2. The van der Waals surface area contributed by atoms with Gasteiger partial charge in [0.2, 0.25) is 5.78 Å². The van der Waals surface area contributed by atoms with Crippen molar-refractivity contribution in [2.45, 2.75) is 61.1 Å². The van der Waals surface area contributed by atoms with Crippen LogP contribution in [0, 0.1) is 19.3 Å². The van der Waals surface area contributed by atoms with E-state index in [1.165, 1.54) is 4.57 Å². The van der Waals surface area contributed by atoms with Gasteiger partial charge < -0.3 is 4.57 Å². The Morgan fingerprint density at radius 3 is 2.22 bits per heavy atom. The van der Waals surface area contributed by atoms with E-state index in [4.69, 9.17) is 0 Å². The SMILES string of the molecule is Cc1c(C)n2c3c(=O)n(CC(=O)C(C)(C)C)c(=O)n(C)c3nc2n1C(C)C. The van der Waals surface area contributed by atoms with Gasteiger partial charge in [-0.1, -0.05) is 20.8 Å². The topological polar surface area (TPSA) is 83.3 Å². The van der Waals surface area contributed by atoms with Gasteiger partial charge in [-0.25, -0.2) is 4.79 Å². The third-order valence-corrected chi connectivity index (χ3v) is 5.22. The highest BCUT2D eigenvalue weighted by Gasteiger charge is 2.26. The number of carbonyl (C=O) groups is 1. The molecule has 0 spiro atoms. The minimum absolute atomic E-state index is 0.153. The fourth-order valence-electron chi connectivity index (χ4n) is 3.41. The number of aryl methyl sites for hydroxylation is 2. The summed E-state index contributed by atoms with van der Waals surface area (Å²) in [6, 6.07) is 0.153. The Morgan fingerprint density at radius 2 is 1.70 bits per heavy atom. The highest BCUT2D eigenvalue weighted by molar-refractivity contribution is 5.84. The normalized spacial score (nSPS) is 12.6. The molecule has 0 saturated carbocycles. The van der Waals surface area contributed by atoms with E-state index in [9.17, 15) is 14.4 Å². The van der Waals surface area contributed by atoms with Crippen LogP contribution in [0.2, 0.25) is 0 Å². The van der Waals surface area contributed by atoms with Crippen LogP contribution < -0.4 is 11.2 Å². The van der Waals surface area contributed by atoms with Gasteiger partial charge in [0.15, 0.2) is 16.9 Å². The van der Waals surface area contributed by atoms with Gasteiger partial charge in [-0.3, -0.25) is 23.1 Å². The third kappa shape index (κ3) is 2.65. The summed E-state index contributed by atoms with van der Waals surface area (Å²) in [4.78, 5) is 43.0. The Balaban J connectivity index is 2.45. The molecule has 0 bridgehead atoms. The largest absolute Gasteiger partial charge is 0.332 e. The highest BCUT2D eigenvalue weighted by Crippen LogP contribution is 2.24. The van der Waals surface area contributed by atoms with Crippen molar-refractivity contribution in [1.29, 1.82) is 0 Å². The molecule has 0 aliphatic rings. The summed E-state index contributed by atoms with van der Waals surface area (Å²) >= 11 is 0. The maximum Gasteiger partial charge on any atom is 0.332 e. The van der Waals surface area contributed by atoms with Gasteiger partial charge in [0.1, 0.15) is 0 Å². The Morgan fingerprint density at radius 1 is 1.11 bits per heavy atom. The second kappa shape index (κ2) is 5.94. The standard InChI is InChI=1S/C19H27N5O3/c1-10(2)23-11(3)12(4)24-14-15(20-17(23)24)21(8)18(27)22(16(14)26)9-13(25)19(5,6)7/h10H,9H2,1-8H3. The number of Topliss-reactive ketones (excluding diaryl/α,β-unsaturated/α-hetero) is 1. The average Bonchev–Trinajstić information content (AvgIpc) is 3.04. The smallest absolute Gasteiger partial charge is 0.311 e. The molecular weight excluding hydrogens is 346 g/mol. The van der Waals surface area contributed by atoms with Crippen LogP contribution in [-0.4, -0.2) is 28.9 Å². The fraction of sp³-hybridized carbons (Fsp3) is 0.579. The van der Waals surface area contributed by atoms with Crippen molar-refractivity contribution >= 4 is 22.7 Å². The Labute approximate surface area is 157 Å². The summed E-state index contributed by atoms with van der Waals surface area (Å²) in [6.45, 7) is 13.1. The predicted octanol–water partition coefficient (Wildman–Crippen LogP) is 1.96. The molecule has 3 aromatic heterocycles. The van der Waals surface area contributed by atoms with E-state index in [1.54, 1.807) is 32.2 Å². The number of aromatic nitrogens is 5. The van der Waals surface area contributed by atoms with Crippen molar-refractivity contribution in [3.63, 3.8) is 0 Å². The molecule has 0 fully saturated rings. The van der Waals surface area contributed by atoms with Crippen molar-refractivity contribution in [2.24, 2.45) is 12.5 Å². The van der Waals surface area contributed by atoms with Gasteiger partial charge in [-0.05, 0) is 27.7 Å². The van der Waals surface area contributed by atoms with Crippen LogP contribution in [0.5, 0.6) is 0 Å². The zero-order valence-electron chi connectivity index (χ0n) is 17.2. The number of hydrogen-bond donors (Lipinski definition) is 0. The van der Waals surface area contributed by atoms with Gasteiger partial charge in [0.25, 0.3) is 5.56 Å². The maximum atomic E-state index is 13.2. The molecule has 0 aliphatic heterocycles. The van der Waals surface area contributed by atoms with Crippen LogP contribution in [0.15, 0.2) is 9.59 Å². The number of imidazole rings is 2. The number of fused-ring (bicyclic) bond motifs is 3. The molecule has 8 nitrogen and oxygen atoms in total. The van der Waals surface area contributed by atoms with E-state index in [2.05, 4.69) is 4.98 Å². The van der Waals surface area contributed by atoms with Gasteiger partial charge in [0, 0.05) is 29.9 Å². The lowest BCUT2D eigenvalue weighted by molar-refractivity contribution is -0.127. The quantitative estimate of drug-likeness (QED) is 0.703. The van der Waals surface area contributed by atoms with Gasteiger partial charge >= 0.3 is 5.69 Å². The number of nitrogens with zero attached hydrogens (tertiary/aromatic N) is 5. The van der Waals surface area contributed by atoms with Crippen molar-refractivity contribution in [2.75, 3.05) is 0 Å². The number of hydrogen-bond acceptors (Lipinski definition) is 4. The van der Waals surface area contributed by atoms with Crippen LogP contribution in [-0.2, 0) is 18.4 Å². The van der Waals surface area contributed by atoms with Crippen LogP contribution >= 0.6 is 0 Å². The molecular formula is C19H27N5O3. The van der Waals surface area contributed by atoms with E-state index in [0.29, 0.717) is 16.9 Å². The average molecular weight is 373 g/mol. The van der Waals surface area contributed by atoms with E-state index in [0.717, 1.165) is 16.0 Å². The minimum atomic E-state index is -0.639. The lowest BCUT2D eigenvalue weighted by Gasteiger charge is -2.17. The van der Waals surface area contributed by atoms with Crippen molar-refractivity contribution in [3.05, 3.63) is 32.2 Å². The summed E-state index contributed by atoms with van der Waals surface area (Å²) in [7, 11) is 1.58. The minimum Gasteiger partial charge on any atom is -0.311 e. The zero-order chi connectivity index (χ0) is 20.4. The summed E-state index contributed by atoms with van der Waals surface area (Å²) in [6.07, 6.45) is 0. The predicted molar refractivity (Wildman–Crippen MR) is 105 cm³/mol. The zero-order valence-corrected chi connectivity index (χ0v) is 17.2. The molecule has 3 aromatic rings. The van der Waals surface area contributed by atoms with Crippen LogP contribution in [0.4, 0.5) is 0 Å². The molecule has 0 aliphatic carbocycles. The van der Waals surface area contributed by atoms with Gasteiger partial charge in [-0.15, -0.1) is 0 Å². The first-order valence-electron chi connectivity index (χ1n) is 9.10. The Hall–Kier alpha value is -2.64. The molecule has 0 amide bonds. The molecule has 146 valence electrons. The molecule has 3 rings (SSSR count). The van der Waals surface area contributed by atoms with Crippen LogP contribution in [0.1, 0.15) is 52.0 Å². The number of carbonyl (C=O) groups excluding carboxylic acids is 1. The fourth-order valence-corrected chi connectivity index (χ4v) is 3.41. The molecule has 0 unspecified atom stereocenters. The molecule has 8 heteroatoms.